The van der Waals surface area contributed by atoms with E-state index in [0.717, 1.165) is 5.56 Å². The van der Waals surface area contributed by atoms with Crippen molar-refractivity contribution in [3.05, 3.63) is 53.8 Å². The predicted molar refractivity (Wildman–Crippen MR) is 84.5 cm³/mol. The van der Waals surface area contributed by atoms with E-state index in [-0.39, 0.29) is 23.9 Å². The van der Waals surface area contributed by atoms with Gasteiger partial charge in [0.2, 0.25) is 0 Å². The summed E-state index contributed by atoms with van der Waals surface area (Å²) < 4.78 is 45.8. The Kier molecular flexibility index (Phi) is 5.66. The van der Waals surface area contributed by atoms with Gasteiger partial charge in [-0.25, -0.2) is 4.39 Å². The lowest BCUT2D eigenvalue weighted by atomic mass is 9.96. The second kappa shape index (κ2) is 7.49. The van der Waals surface area contributed by atoms with Gasteiger partial charge in [-0.3, -0.25) is 0 Å². The molecule has 22 heavy (non-hydrogen) atoms. The van der Waals surface area contributed by atoms with E-state index in [0.29, 0.717) is 16.9 Å². The van der Waals surface area contributed by atoms with Crippen molar-refractivity contribution in [2.75, 3.05) is 4.72 Å². The molecule has 0 aliphatic rings. The van der Waals surface area contributed by atoms with Crippen LogP contribution in [0.3, 0.4) is 0 Å². The van der Waals surface area contributed by atoms with Crippen LogP contribution < -0.4 is 14.9 Å². The van der Waals surface area contributed by atoms with Crippen molar-refractivity contribution < 1.29 is 17.9 Å². The summed E-state index contributed by atoms with van der Waals surface area (Å²) in [6.45, 7) is 1.78. The third-order valence-electron chi connectivity index (χ3n) is 2.91. The number of hydrogen-bond donors (Lipinski definition) is 1. The van der Waals surface area contributed by atoms with Crippen LogP contribution in [-0.2, 0) is 0 Å². The molecule has 0 heterocycles. The van der Waals surface area contributed by atoms with Gasteiger partial charge >= 0.3 is 5.76 Å². The van der Waals surface area contributed by atoms with E-state index >= 15 is 0 Å². The van der Waals surface area contributed by atoms with Crippen LogP contribution in [0.1, 0.15) is 18.6 Å². The molecule has 114 valence electrons. The van der Waals surface area contributed by atoms with Crippen molar-refractivity contribution >= 4 is 30.9 Å². The van der Waals surface area contributed by atoms with Gasteiger partial charge in [-0.15, -0.1) is 0 Å². The molecule has 0 aromatic heterocycles. The van der Waals surface area contributed by atoms with Crippen molar-refractivity contribution in [3.63, 3.8) is 0 Å². The van der Waals surface area contributed by atoms with E-state index < -0.39 is 5.76 Å². The number of rotatable bonds is 6. The Bertz CT molecular complexity index is 625. The molecular weight excluding hydrogens is 310 g/mol. The number of hydrogen-bond acceptors (Lipinski definition) is 3. The maximum atomic E-state index is 12.9. The lowest BCUT2D eigenvalue weighted by molar-refractivity contribution is 0.228. The summed E-state index contributed by atoms with van der Waals surface area (Å²) in [4.78, 5) is 0. The van der Waals surface area contributed by atoms with E-state index in [1.807, 2.05) is 0 Å². The molecule has 2 nitrogen and oxygen atoms in total. The summed E-state index contributed by atoms with van der Waals surface area (Å²) in [5.74, 6) is -2.54. The molecule has 1 unspecified atom stereocenters. The minimum atomic E-state index is -2.56. The molecule has 0 saturated heterocycles. The van der Waals surface area contributed by atoms with Crippen molar-refractivity contribution in [3.8, 4) is 5.75 Å². The zero-order valence-electron chi connectivity index (χ0n) is 11.7. The molecule has 7 heteroatoms. The molecule has 2 aromatic carbocycles. The van der Waals surface area contributed by atoms with Crippen molar-refractivity contribution in [1.82, 2.24) is 0 Å². The van der Waals surface area contributed by atoms with Crippen LogP contribution in [0.4, 0.5) is 18.9 Å². The summed E-state index contributed by atoms with van der Waals surface area (Å²) in [6.07, 6.45) is -0.389. The Hall–Kier alpha value is -1.76. The standard InChI is InChI=1S/C15H13BF3NOS/c1-9(10-2-5-12(17)6-3-10)21-14-8-11(16)4-7-13(14)20-22-15(18)19/h2-9,15,20H,1H3. The molecular formula is C15H13BF3NOS. The highest BCUT2D eigenvalue weighted by molar-refractivity contribution is 8.00. The fourth-order valence-electron chi connectivity index (χ4n) is 1.82. The van der Waals surface area contributed by atoms with Gasteiger partial charge in [0.25, 0.3) is 0 Å². The van der Waals surface area contributed by atoms with Gasteiger partial charge in [0.1, 0.15) is 25.5 Å². The first-order chi connectivity index (χ1) is 10.5. The van der Waals surface area contributed by atoms with Crippen LogP contribution in [-0.4, -0.2) is 13.6 Å². The Morgan fingerprint density at radius 3 is 2.45 bits per heavy atom. The highest BCUT2D eigenvalue weighted by Gasteiger charge is 2.12. The number of ether oxygens (including phenoxy) is 1. The predicted octanol–water partition coefficient (Wildman–Crippen LogP) is 4.04. The molecule has 0 spiro atoms. The normalized spacial score (nSPS) is 12.2. The van der Waals surface area contributed by atoms with Gasteiger partial charge < -0.3 is 9.46 Å². The highest BCUT2D eigenvalue weighted by Crippen LogP contribution is 2.31. The van der Waals surface area contributed by atoms with Crippen LogP contribution in [0.15, 0.2) is 42.5 Å². The lowest BCUT2D eigenvalue weighted by Crippen LogP contribution is -2.09. The number of halogens is 3. The van der Waals surface area contributed by atoms with E-state index in [1.165, 1.54) is 12.1 Å². The molecule has 0 fully saturated rings. The number of alkyl halides is 2. The van der Waals surface area contributed by atoms with Gasteiger partial charge in [0.05, 0.1) is 5.69 Å². The first-order valence-electron chi connectivity index (χ1n) is 6.47. The topological polar surface area (TPSA) is 21.3 Å². The minimum Gasteiger partial charge on any atom is -0.484 e. The monoisotopic (exact) mass is 323 g/mol. The molecule has 0 saturated carbocycles. The molecule has 0 aliphatic carbocycles. The largest absolute Gasteiger partial charge is 0.484 e. The van der Waals surface area contributed by atoms with Crippen molar-refractivity contribution in [1.29, 1.82) is 0 Å². The van der Waals surface area contributed by atoms with Crippen LogP contribution in [0, 0.1) is 5.82 Å². The second-order valence-corrected chi connectivity index (χ2v) is 5.34. The van der Waals surface area contributed by atoms with Crippen LogP contribution in [0.5, 0.6) is 5.75 Å². The average Bonchev–Trinajstić information content (AvgIpc) is 2.47. The summed E-state index contributed by atoms with van der Waals surface area (Å²) >= 11 is 0.275. The summed E-state index contributed by atoms with van der Waals surface area (Å²) in [7, 11) is 5.71. The smallest absolute Gasteiger partial charge is 0.302 e. The summed E-state index contributed by atoms with van der Waals surface area (Å²) in [6, 6.07) is 10.6. The van der Waals surface area contributed by atoms with Crippen LogP contribution in [0.2, 0.25) is 0 Å². The third kappa shape index (κ3) is 4.63. The molecule has 0 amide bonds. The van der Waals surface area contributed by atoms with E-state index in [4.69, 9.17) is 12.6 Å². The summed E-state index contributed by atoms with van der Waals surface area (Å²) in [5, 5.41) is 0. The Morgan fingerprint density at radius 2 is 1.82 bits per heavy atom. The maximum absolute atomic E-state index is 12.9. The Balaban J connectivity index is 2.16. The quantitative estimate of drug-likeness (QED) is 0.640. The second-order valence-electron chi connectivity index (χ2n) is 4.55. The van der Waals surface area contributed by atoms with E-state index in [2.05, 4.69) is 4.72 Å². The Labute approximate surface area is 132 Å². The van der Waals surface area contributed by atoms with Gasteiger partial charge in [0, 0.05) is 11.9 Å². The molecule has 2 aromatic rings. The molecule has 1 N–H and O–H groups in total. The van der Waals surface area contributed by atoms with E-state index in [9.17, 15) is 13.2 Å². The molecule has 2 radical (unpaired) electrons. The molecule has 0 aliphatic heterocycles. The van der Waals surface area contributed by atoms with Gasteiger partial charge in [-0.05, 0) is 36.8 Å². The van der Waals surface area contributed by atoms with Gasteiger partial charge in [-0.1, -0.05) is 23.7 Å². The average molecular weight is 323 g/mol. The number of nitrogens with one attached hydrogen (secondary N) is 1. The fourth-order valence-corrected chi connectivity index (χ4v) is 2.21. The molecule has 2 rings (SSSR count). The van der Waals surface area contributed by atoms with Crippen molar-refractivity contribution in [2.24, 2.45) is 0 Å². The minimum absolute atomic E-state index is 0.275. The van der Waals surface area contributed by atoms with Crippen molar-refractivity contribution in [2.45, 2.75) is 18.8 Å². The first kappa shape index (κ1) is 16.6. The zero-order chi connectivity index (χ0) is 16.1. The highest BCUT2D eigenvalue weighted by atomic mass is 32.2. The summed E-state index contributed by atoms with van der Waals surface area (Å²) in [5.41, 5.74) is 1.61. The first-order valence-corrected chi connectivity index (χ1v) is 7.35. The SMILES string of the molecule is [B]c1ccc(NSC(F)F)c(OC(C)c2ccc(F)cc2)c1. The zero-order valence-corrected chi connectivity index (χ0v) is 12.5. The Morgan fingerprint density at radius 1 is 1.14 bits per heavy atom. The fraction of sp³-hybridized carbons (Fsp3) is 0.200. The van der Waals surface area contributed by atoms with Gasteiger partial charge in [-0.2, -0.15) is 8.78 Å². The number of anilines is 1. The lowest BCUT2D eigenvalue weighted by Gasteiger charge is -2.19. The van der Waals surface area contributed by atoms with Crippen LogP contribution >= 0.6 is 11.9 Å². The molecule has 0 bridgehead atoms. The molecule has 1 atom stereocenters. The van der Waals surface area contributed by atoms with E-state index in [1.54, 1.807) is 37.3 Å². The maximum Gasteiger partial charge on any atom is 0.302 e. The third-order valence-corrected chi connectivity index (χ3v) is 3.42. The van der Waals surface area contributed by atoms with Gasteiger partial charge in [0.15, 0.2) is 0 Å². The number of benzene rings is 2. The van der Waals surface area contributed by atoms with Crippen LogP contribution in [0.25, 0.3) is 0 Å².